The predicted molar refractivity (Wildman–Crippen MR) is 74.0 cm³/mol. The van der Waals surface area contributed by atoms with Gasteiger partial charge in [0.2, 0.25) is 0 Å². The zero-order valence-electron chi connectivity index (χ0n) is 10.9. The third-order valence-electron chi connectivity index (χ3n) is 3.63. The van der Waals surface area contributed by atoms with Gasteiger partial charge in [0.1, 0.15) is 5.82 Å². The molecule has 0 bridgehead atoms. The third-order valence-corrected chi connectivity index (χ3v) is 3.63. The summed E-state index contributed by atoms with van der Waals surface area (Å²) >= 11 is 0. The summed E-state index contributed by atoms with van der Waals surface area (Å²) in [7, 11) is 0. The monoisotopic (exact) mass is 241 g/mol. The van der Waals surface area contributed by atoms with Crippen molar-refractivity contribution >= 4 is 5.82 Å². The standard InChI is InChI=1S/C15H19N3/c1-11(2)18-8-7-15(17-18)16-10-13-9-12-5-3-4-6-14(12)13/h3-8,11,13H,9-10H2,1-2H3,(H,16,17). The summed E-state index contributed by atoms with van der Waals surface area (Å²) in [6.45, 7) is 5.25. The summed E-state index contributed by atoms with van der Waals surface area (Å²) in [4.78, 5) is 0. The minimum Gasteiger partial charge on any atom is -0.368 e. The van der Waals surface area contributed by atoms with Gasteiger partial charge in [-0.3, -0.25) is 4.68 Å². The van der Waals surface area contributed by atoms with E-state index in [1.54, 1.807) is 0 Å². The number of anilines is 1. The first-order valence-corrected chi connectivity index (χ1v) is 6.61. The number of rotatable bonds is 4. The lowest BCUT2D eigenvalue weighted by molar-refractivity contribution is 0.533. The van der Waals surface area contributed by atoms with Crippen molar-refractivity contribution in [2.24, 2.45) is 0 Å². The molecule has 18 heavy (non-hydrogen) atoms. The highest BCUT2D eigenvalue weighted by molar-refractivity contribution is 5.42. The van der Waals surface area contributed by atoms with E-state index in [1.807, 2.05) is 16.9 Å². The number of nitrogens with zero attached hydrogens (tertiary/aromatic N) is 2. The first-order valence-electron chi connectivity index (χ1n) is 6.61. The lowest BCUT2D eigenvalue weighted by Gasteiger charge is -2.30. The van der Waals surface area contributed by atoms with Gasteiger partial charge < -0.3 is 5.32 Å². The molecule has 1 aromatic heterocycles. The molecule has 2 aromatic rings. The van der Waals surface area contributed by atoms with Gasteiger partial charge in [0.25, 0.3) is 0 Å². The molecule has 1 N–H and O–H groups in total. The predicted octanol–water partition coefficient (Wildman–Crippen LogP) is 3.22. The van der Waals surface area contributed by atoms with Crippen LogP contribution in [0.5, 0.6) is 0 Å². The Kier molecular flexibility index (Phi) is 2.82. The number of nitrogens with one attached hydrogen (secondary N) is 1. The van der Waals surface area contributed by atoms with Gasteiger partial charge in [-0.2, -0.15) is 5.10 Å². The highest BCUT2D eigenvalue weighted by Crippen LogP contribution is 2.34. The molecule has 1 unspecified atom stereocenters. The number of fused-ring (bicyclic) bond motifs is 1. The van der Waals surface area contributed by atoms with Crippen LogP contribution < -0.4 is 5.32 Å². The van der Waals surface area contributed by atoms with Crippen molar-refractivity contribution in [3.8, 4) is 0 Å². The normalized spacial score (nSPS) is 17.4. The van der Waals surface area contributed by atoms with Gasteiger partial charge in [-0.25, -0.2) is 0 Å². The molecule has 1 atom stereocenters. The van der Waals surface area contributed by atoms with Crippen molar-refractivity contribution in [1.82, 2.24) is 9.78 Å². The third kappa shape index (κ3) is 2.01. The maximum Gasteiger partial charge on any atom is 0.148 e. The van der Waals surface area contributed by atoms with Crippen LogP contribution in [0.3, 0.4) is 0 Å². The quantitative estimate of drug-likeness (QED) is 0.890. The summed E-state index contributed by atoms with van der Waals surface area (Å²) in [5.41, 5.74) is 2.99. The Morgan fingerprint density at radius 3 is 2.89 bits per heavy atom. The van der Waals surface area contributed by atoms with Gasteiger partial charge in [0, 0.05) is 30.8 Å². The largest absolute Gasteiger partial charge is 0.368 e. The van der Waals surface area contributed by atoms with Crippen LogP contribution >= 0.6 is 0 Å². The van der Waals surface area contributed by atoms with Crippen LogP contribution in [0.4, 0.5) is 5.82 Å². The van der Waals surface area contributed by atoms with Crippen LogP contribution in [-0.2, 0) is 6.42 Å². The van der Waals surface area contributed by atoms with E-state index in [1.165, 1.54) is 17.5 Å². The molecule has 1 aliphatic rings. The molecule has 0 aliphatic heterocycles. The number of benzene rings is 1. The van der Waals surface area contributed by atoms with E-state index in [0.29, 0.717) is 12.0 Å². The molecule has 1 heterocycles. The summed E-state index contributed by atoms with van der Waals surface area (Å²) < 4.78 is 1.98. The first kappa shape index (κ1) is 11.3. The molecule has 3 heteroatoms. The molecule has 3 nitrogen and oxygen atoms in total. The molecule has 0 saturated carbocycles. The van der Waals surface area contributed by atoms with Crippen molar-refractivity contribution in [2.75, 3.05) is 11.9 Å². The molecule has 0 spiro atoms. The second-order valence-corrected chi connectivity index (χ2v) is 5.26. The van der Waals surface area contributed by atoms with Crippen LogP contribution in [0.25, 0.3) is 0 Å². The number of aromatic nitrogens is 2. The second kappa shape index (κ2) is 4.48. The Morgan fingerprint density at radius 2 is 2.17 bits per heavy atom. The molecule has 0 radical (unpaired) electrons. The topological polar surface area (TPSA) is 29.9 Å². The van der Waals surface area contributed by atoms with E-state index >= 15 is 0 Å². The zero-order valence-corrected chi connectivity index (χ0v) is 10.9. The molecule has 0 fully saturated rings. The fraction of sp³-hybridized carbons (Fsp3) is 0.400. The summed E-state index contributed by atoms with van der Waals surface area (Å²) in [5, 5.41) is 7.93. The molecular formula is C15H19N3. The van der Waals surface area contributed by atoms with E-state index in [0.717, 1.165) is 12.4 Å². The SMILES string of the molecule is CC(C)n1ccc(NCC2Cc3ccccc32)n1. The number of hydrogen-bond donors (Lipinski definition) is 1. The van der Waals surface area contributed by atoms with Crippen molar-refractivity contribution in [3.05, 3.63) is 47.7 Å². The molecule has 3 rings (SSSR count). The molecule has 1 aromatic carbocycles. The smallest absolute Gasteiger partial charge is 0.148 e. The Hall–Kier alpha value is -1.77. The lowest BCUT2D eigenvalue weighted by Crippen LogP contribution is -2.24. The van der Waals surface area contributed by atoms with Gasteiger partial charge in [0.05, 0.1) is 0 Å². The molecule has 1 aliphatic carbocycles. The van der Waals surface area contributed by atoms with Crippen molar-refractivity contribution in [3.63, 3.8) is 0 Å². The van der Waals surface area contributed by atoms with Gasteiger partial charge >= 0.3 is 0 Å². The highest BCUT2D eigenvalue weighted by atomic mass is 15.3. The maximum absolute atomic E-state index is 4.50. The van der Waals surface area contributed by atoms with E-state index in [2.05, 4.69) is 48.5 Å². The van der Waals surface area contributed by atoms with E-state index in [4.69, 9.17) is 0 Å². The first-order chi connectivity index (χ1) is 8.74. The minimum atomic E-state index is 0.421. The van der Waals surface area contributed by atoms with E-state index < -0.39 is 0 Å². The van der Waals surface area contributed by atoms with Crippen molar-refractivity contribution in [2.45, 2.75) is 32.2 Å². The van der Waals surface area contributed by atoms with Crippen LogP contribution in [0.2, 0.25) is 0 Å². The Balaban J connectivity index is 1.60. The molecule has 0 amide bonds. The van der Waals surface area contributed by atoms with Gasteiger partial charge in [-0.15, -0.1) is 0 Å². The Morgan fingerprint density at radius 1 is 1.33 bits per heavy atom. The summed E-state index contributed by atoms with van der Waals surface area (Å²) in [6.07, 6.45) is 3.22. The Labute approximate surface area is 108 Å². The average Bonchev–Trinajstić information content (AvgIpc) is 2.79. The molecule has 0 saturated heterocycles. The van der Waals surface area contributed by atoms with Crippen LogP contribution in [0.1, 0.15) is 36.9 Å². The Bertz CT molecular complexity index is 542. The van der Waals surface area contributed by atoms with Gasteiger partial charge in [-0.1, -0.05) is 24.3 Å². The fourth-order valence-electron chi connectivity index (χ4n) is 2.49. The van der Waals surface area contributed by atoms with Crippen molar-refractivity contribution in [1.29, 1.82) is 0 Å². The second-order valence-electron chi connectivity index (χ2n) is 5.26. The summed E-state index contributed by atoms with van der Waals surface area (Å²) in [6, 6.07) is 11.2. The van der Waals surface area contributed by atoms with Crippen molar-refractivity contribution < 1.29 is 0 Å². The van der Waals surface area contributed by atoms with Gasteiger partial charge in [-0.05, 0) is 31.4 Å². The minimum absolute atomic E-state index is 0.421. The van der Waals surface area contributed by atoms with Crippen LogP contribution in [-0.4, -0.2) is 16.3 Å². The maximum atomic E-state index is 4.50. The average molecular weight is 241 g/mol. The van der Waals surface area contributed by atoms with Crippen LogP contribution in [0.15, 0.2) is 36.5 Å². The fourth-order valence-corrected chi connectivity index (χ4v) is 2.49. The molecule has 94 valence electrons. The van der Waals surface area contributed by atoms with Gasteiger partial charge in [0.15, 0.2) is 0 Å². The van der Waals surface area contributed by atoms with Crippen LogP contribution in [0, 0.1) is 0 Å². The van der Waals surface area contributed by atoms with E-state index in [9.17, 15) is 0 Å². The molecular weight excluding hydrogens is 222 g/mol. The summed E-state index contributed by atoms with van der Waals surface area (Å²) in [5.74, 6) is 1.62. The van der Waals surface area contributed by atoms with E-state index in [-0.39, 0.29) is 0 Å². The highest BCUT2D eigenvalue weighted by Gasteiger charge is 2.24. The number of hydrogen-bond acceptors (Lipinski definition) is 2. The zero-order chi connectivity index (χ0) is 12.5. The lowest BCUT2D eigenvalue weighted by atomic mass is 9.78.